The lowest BCUT2D eigenvalue weighted by molar-refractivity contribution is -0.133. The molecule has 3 aromatic rings. The fourth-order valence-electron chi connectivity index (χ4n) is 4.59. The average molecular weight is 495 g/mol. The molecule has 182 valence electrons. The maximum atomic E-state index is 13.4. The molecule has 1 unspecified atom stereocenters. The number of ether oxygens (including phenoxy) is 1. The van der Waals surface area contributed by atoms with E-state index in [-0.39, 0.29) is 30.2 Å². The first-order chi connectivity index (χ1) is 17.1. The van der Waals surface area contributed by atoms with Gasteiger partial charge in [-0.3, -0.25) is 14.9 Å². The number of fused-ring (bicyclic) bond motifs is 1. The summed E-state index contributed by atoms with van der Waals surface area (Å²) >= 11 is 1.43. The summed E-state index contributed by atoms with van der Waals surface area (Å²) in [5.74, 6) is -0.434. The van der Waals surface area contributed by atoms with Crippen LogP contribution in [0.1, 0.15) is 29.3 Å². The Balaban J connectivity index is 1.18. The van der Waals surface area contributed by atoms with E-state index in [0.29, 0.717) is 24.0 Å². The fraction of sp³-hybridized carbons (Fsp3) is 0.346. The fourth-order valence-corrected chi connectivity index (χ4v) is 5.67. The van der Waals surface area contributed by atoms with Crippen molar-refractivity contribution in [2.45, 2.75) is 25.2 Å². The van der Waals surface area contributed by atoms with Crippen molar-refractivity contribution >= 4 is 34.0 Å². The van der Waals surface area contributed by atoms with E-state index in [1.807, 2.05) is 23.1 Å². The molecule has 1 aliphatic heterocycles. The molecule has 2 aliphatic rings. The summed E-state index contributed by atoms with van der Waals surface area (Å²) in [6, 6.07) is 15.8. The number of piperazine rings is 1. The minimum Gasteiger partial charge on any atom is -0.484 e. The average Bonchev–Trinajstić information content (AvgIpc) is 3.31. The molecule has 7 nitrogen and oxygen atoms in total. The number of hydrogen-bond acceptors (Lipinski definition) is 6. The molecule has 0 radical (unpaired) electrons. The summed E-state index contributed by atoms with van der Waals surface area (Å²) in [6.07, 6.45) is 2.56. The zero-order valence-corrected chi connectivity index (χ0v) is 20.1. The molecule has 1 fully saturated rings. The Morgan fingerprint density at radius 3 is 2.54 bits per heavy atom. The van der Waals surface area contributed by atoms with Gasteiger partial charge in [0.05, 0.1) is 11.6 Å². The summed E-state index contributed by atoms with van der Waals surface area (Å²) in [7, 11) is 0. The van der Waals surface area contributed by atoms with E-state index in [1.165, 1.54) is 41.3 Å². The third-order valence-corrected chi connectivity index (χ3v) is 7.44. The zero-order valence-electron chi connectivity index (χ0n) is 19.3. The van der Waals surface area contributed by atoms with Gasteiger partial charge in [0.1, 0.15) is 11.6 Å². The van der Waals surface area contributed by atoms with Gasteiger partial charge in [0, 0.05) is 36.7 Å². The van der Waals surface area contributed by atoms with E-state index in [4.69, 9.17) is 4.74 Å². The van der Waals surface area contributed by atoms with Crippen LogP contribution in [0.3, 0.4) is 0 Å². The van der Waals surface area contributed by atoms with E-state index < -0.39 is 0 Å². The summed E-state index contributed by atoms with van der Waals surface area (Å²) < 4.78 is 18.4. The lowest BCUT2D eigenvalue weighted by Gasteiger charge is -2.38. The van der Waals surface area contributed by atoms with Gasteiger partial charge in [0.25, 0.3) is 5.91 Å². The Hall–Kier alpha value is -3.46. The van der Waals surface area contributed by atoms with Gasteiger partial charge in [-0.25, -0.2) is 9.37 Å². The first-order valence-electron chi connectivity index (χ1n) is 11.8. The number of thiazole rings is 1. The van der Waals surface area contributed by atoms with Gasteiger partial charge in [-0.05, 0) is 55.7 Å². The first kappa shape index (κ1) is 23.3. The van der Waals surface area contributed by atoms with Crippen LogP contribution in [-0.2, 0) is 16.0 Å². The highest BCUT2D eigenvalue weighted by Gasteiger charge is 2.34. The number of carbonyl (C=O) groups excluding carboxylic acids is 2. The van der Waals surface area contributed by atoms with Gasteiger partial charge in [-0.15, -0.1) is 11.3 Å². The highest BCUT2D eigenvalue weighted by molar-refractivity contribution is 7.15. The van der Waals surface area contributed by atoms with Gasteiger partial charge < -0.3 is 14.5 Å². The predicted molar refractivity (Wildman–Crippen MR) is 134 cm³/mol. The molecular weight excluding hydrogens is 467 g/mol. The molecule has 5 rings (SSSR count). The molecule has 1 aliphatic carbocycles. The molecule has 1 saturated heterocycles. The predicted octanol–water partition coefficient (Wildman–Crippen LogP) is 4.07. The number of benzene rings is 2. The van der Waals surface area contributed by atoms with Crippen molar-refractivity contribution in [1.29, 1.82) is 0 Å². The van der Waals surface area contributed by atoms with E-state index in [0.717, 1.165) is 42.9 Å². The monoisotopic (exact) mass is 494 g/mol. The molecule has 1 N–H and O–H groups in total. The summed E-state index contributed by atoms with van der Waals surface area (Å²) in [6.45, 7) is 2.79. The molecular formula is C26H27FN4O3S. The van der Waals surface area contributed by atoms with Crippen molar-refractivity contribution in [2.75, 3.05) is 43.0 Å². The molecule has 1 atom stereocenters. The summed E-state index contributed by atoms with van der Waals surface area (Å²) in [5, 5.41) is 3.26. The molecule has 2 heterocycles. The van der Waals surface area contributed by atoms with Crippen molar-refractivity contribution in [3.05, 3.63) is 71.0 Å². The number of halogens is 1. The molecule has 0 saturated carbocycles. The van der Waals surface area contributed by atoms with Crippen LogP contribution in [-0.4, -0.2) is 54.5 Å². The second-order valence-electron chi connectivity index (χ2n) is 8.71. The standard InChI is InChI=1S/C26H27FN4O3S/c27-18-9-11-20(12-10-18)34-17-23(32)28-26-29-24-21(7-4-8-22(24)35-26)25(33)31-15-13-30(14-16-31)19-5-2-1-3-6-19/h1-3,5-6,9-12,21H,4,7-8,13-17H2,(H,28,29,32). The molecule has 1 aromatic heterocycles. The Morgan fingerprint density at radius 2 is 1.80 bits per heavy atom. The summed E-state index contributed by atoms with van der Waals surface area (Å²) in [4.78, 5) is 35.7. The van der Waals surface area contributed by atoms with Crippen molar-refractivity contribution in [3.63, 3.8) is 0 Å². The number of para-hydroxylation sites is 1. The molecule has 2 amide bonds. The number of nitrogens with one attached hydrogen (secondary N) is 1. The molecule has 2 aromatic carbocycles. The van der Waals surface area contributed by atoms with E-state index in [9.17, 15) is 14.0 Å². The van der Waals surface area contributed by atoms with Gasteiger partial charge >= 0.3 is 0 Å². The van der Waals surface area contributed by atoms with Gasteiger partial charge in [-0.1, -0.05) is 18.2 Å². The Labute approximate surface area is 207 Å². The van der Waals surface area contributed by atoms with Crippen molar-refractivity contribution in [1.82, 2.24) is 9.88 Å². The highest BCUT2D eigenvalue weighted by Crippen LogP contribution is 2.38. The maximum Gasteiger partial charge on any atom is 0.264 e. The first-order valence-corrected chi connectivity index (χ1v) is 12.6. The molecule has 0 bridgehead atoms. The number of amides is 2. The van der Waals surface area contributed by atoms with Crippen molar-refractivity contribution in [2.24, 2.45) is 0 Å². The summed E-state index contributed by atoms with van der Waals surface area (Å²) in [5.41, 5.74) is 1.98. The Bertz CT molecular complexity index is 1180. The van der Waals surface area contributed by atoms with Crippen LogP contribution >= 0.6 is 11.3 Å². The van der Waals surface area contributed by atoms with Crippen LogP contribution in [0.25, 0.3) is 0 Å². The normalized spacial score (nSPS) is 17.6. The second-order valence-corrected chi connectivity index (χ2v) is 9.79. The topological polar surface area (TPSA) is 74.8 Å². The quantitative estimate of drug-likeness (QED) is 0.559. The zero-order chi connectivity index (χ0) is 24.2. The smallest absolute Gasteiger partial charge is 0.264 e. The molecule has 0 spiro atoms. The lowest BCUT2D eigenvalue weighted by atomic mass is 9.89. The molecule has 35 heavy (non-hydrogen) atoms. The number of nitrogens with zero attached hydrogens (tertiary/aromatic N) is 3. The van der Waals surface area contributed by atoms with E-state index >= 15 is 0 Å². The number of aryl methyl sites for hydroxylation is 1. The largest absolute Gasteiger partial charge is 0.484 e. The third-order valence-electron chi connectivity index (χ3n) is 6.39. The van der Waals surface area contributed by atoms with E-state index in [2.05, 4.69) is 27.3 Å². The van der Waals surface area contributed by atoms with Crippen LogP contribution < -0.4 is 15.0 Å². The van der Waals surface area contributed by atoms with Crippen LogP contribution in [0, 0.1) is 5.82 Å². The minimum absolute atomic E-state index is 0.126. The number of aromatic nitrogens is 1. The third kappa shape index (κ3) is 5.45. The number of hydrogen-bond donors (Lipinski definition) is 1. The highest BCUT2D eigenvalue weighted by atomic mass is 32.1. The molecule has 9 heteroatoms. The van der Waals surface area contributed by atoms with Crippen LogP contribution in [0.15, 0.2) is 54.6 Å². The minimum atomic E-state index is -0.364. The van der Waals surface area contributed by atoms with Crippen LogP contribution in [0.2, 0.25) is 0 Å². The second kappa shape index (κ2) is 10.4. The van der Waals surface area contributed by atoms with Crippen molar-refractivity contribution in [3.8, 4) is 5.75 Å². The number of anilines is 2. The van der Waals surface area contributed by atoms with E-state index in [1.54, 1.807) is 0 Å². The van der Waals surface area contributed by atoms with Gasteiger partial charge in [-0.2, -0.15) is 0 Å². The van der Waals surface area contributed by atoms with Crippen LogP contribution in [0.5, 0.6) is 5.75 Å². The number of rotatable bonds is 6. The van der Waals surface area contributed by atoms with Crippen molar-refractivity contribution < 1.29 is 18.7 Å². The Kier molecular flexibility index (Phi) is 6.94. The lowest BCUT2D eigenvalue weighted by Crippen LogP contribution is -2.50. The SMILES string of the molecule is O=C(COc1ccc(F)cc1)Nc1nc2c(s1)CCCC2C(=O)N1CCN(c2ccccc2)CC1. The van der Waals surface area contributed by atoms with Crippen LogP contribution in [0.4, 0.5) is 15.2 Å². The number of carbonyl (C=O) groups is 2. The van der Waals surface area contributed by atoms with Gasteiger partial charge in [0.2, 0.25) is 5.91 Å². The Morgan fingerprint density at radius 1 is 1.06 bits per heavy atom. The maximum absolute atomic E-state index is 13.4. The van der Waals surface area contributed by atoms with Gasteiger partial charge in [0.15, 0.2) is 11.7 Å².